The molecule has 0 radical (unpaired) electrons. The van der Waals surface area contributed by atoms with Crippen molar-refractivity contribution in [3.8, 4) is 0 Å². The number of hydrogen-bond acceptors (Lipinski definition) is 4. The van der Waals surface area contributed by atoms with Gasteiger partial charge in [0.05, 0.1) is 6.04 Å². The van der Waals surface area contributed by atoms with Crippen LogP contribution in [0.4, 0.5) is 10.1 Å². The number of carbonyl (C=O) groups excluding carboxylic acids is 2. The van der Waals surface area contributed by atoms with Crippen LogP contribution >= 0.6 is 24.8 Å². The summed E-state index contributed by atoms with van der Waals surface area (Å²) in [6.07, 6.45) is 3.06. The van der Waals surface area contributed by atoms with E-state index in [9.17, 15) is 14.0 Å². The predicted octanol–water partition coefficient (Wildman–Crippen LogP) is 2.52. The van der Waals surface area contributed by atoms with Gasteiger partial charge >= 0.3 is 0 Å². The van der Waals surface area contributed by atoms with Crippen molar-refractivity contribution in [2.45, 2.75) is 32.2 Å². The third-order valence-corrected chi connectivity index (χ3v) is 5.92. The Labute approximate surface area is 184 Å². The van der Waals surface area contributed by atoms with Crippen LogP contribution in [0.25, 0.3) is 0 Å². The summed E-state index contributed by atoms with van der Waals surface area (Å²) in [5.41, 5.74) is 6.27. The Morgan fingerprint density at radius 2 is 1.90 bits per heavy atom. The van der Waals surface area contributed by atoms with E-state index in [1.165, 1.54) is 12.1 Å². The van der Waals surface area contributed by atoms with E-state index in [1.54, 1.807) is 12.1 Å². The van der Waals surface area contributed by atoms with Crippen molar-refractivity contribution in [2.24, 2.45) is 17.6 Å². The summed E-state index contributed by atoms with van der Waals surface area (Å²) in [7, 11) is 0. The number of carbonyl (C=O) groups is 2. The van der Waals surface area contributed by atoms with Gasteiger partial charge in [-0.15, -0.1) is 24.8 Å². The van der Waals surface area contributed by atoms with E-state index < -0.39 is 0 Å². The number of nitrogens with zero attached hydrogens (tertiary/aromatic N) is 2. The predicted molar refractivity (Wildman–Crippen MR) is 117 cm³/mol. The van der Waals surface area contributed by atoms with Gasteiger partial charge in [-0.25, -0.2) is 4.39 Å². The molecule has 0 aromatic heterocycles. The molecule has 164 valence electrons. The number of amides is 2. The summed E-state index contributed by atoms with van der Waals surface area (Å²) < 4.78 is 13.3. The lowest BCUT2D eigenvalue weighted by Gasteiger charge is -2.38. The molecule has 2 amide bonds. The van der Waals surface area contributed by atoms with Crippen LogP contribution in [0.2, 0.25) is 0 Å². The van der Waals surface area contributed by atoms with Crippen LogP contribution in [0.1, 0.15) is 26.2 Å². The number of rotatable bonds is 5. The second-order valence-corrected chi connectivity index (χ2v) is 7.57. The fourth-order valence-electron chi connectivity index (χ4n) is 4.19. The van der Waals surface area contributed by atoms with E-state index in [0.717, 1.165) is 19.3 Å². The molecule has 3 atom stereocenters. The summed E-state index contributed by atoms with van der Waals surface area (Å²) in [6.45, 7) is 4.99. The zero-order valence-corrected chi connectivity index (χ0v) is 18.3. The van der Waals surface area contributed by atoms with Gasteiger partial charge < -0.3 is 16.0 Å². The highest BCUT2D eigenvalue weighted by Crippen LogP contribution is 2.32. The van der Waals surface area contributed by atoms with Crippen molar-refractivity contribution >= 4 is 42.3 Å². The van der Waals surface area contributed by atoms with Gasteiger partial charge in [-0.05, 0) is 50.4 Å². The normalized spacial score (nSPS) is 22.9. The van der Waals surface area contributed by atoms with Crippen LogP contribution in [-0.4, -0.2) is 60.4 Å². The molecule has 1 saturated heterocycles. The molecule has 2 aliphatic rings. The maximum absolute atomic E-state index is 13.3. The largest absolute Gasteiger partial charge is 0.340 e. The minimum absolute atomic E-state index is 0. The van der Waals surface area contributed by atoms with E-state index in [0.29, 0.717) is 44.3 Å². The van der Waals surface area contributed by atoms with E-state index in [1.807, 2.05) is 11.8 Å². The van der Waals surface area contributed by atoms with Gasteiger partial charge in [-0.1, -0.05) is 12.5 Å². The smallest absolute Gasteiger partial charge is 0.241 e. The van der Waals surface area contributed by atoms with Crippen LogP contribution in [-0.2, 0) is 9.59 Å². The molecule has 9 heteroatoms. The van der Waals surface area contributed by atoms with E-state index in [4.69, 9.17) is 5.73 Å². The Hall–Kier alpha value is -1.41. The Morgan fingerprint density at radius 3 is 2.52 bits per heavy atom. The molecule has 6 nitrogen and oxygen atoms in total. The maximum atomic E-state index is 13.3. The molecule has 29 heavy (non-hydrogen) atoms. The molecule has 1 aromatic carbocycles. The van der Waals surface area contributed by atoms with Crippen LogP contribution in [0.5, 0.6) is 0 Å². The van der Waals surface area contributed by atoms with Crippen LogP contribution in [0, 0.1) is 17.7 Å². The molecule has 1 aliphatic carbocycles. The third kappa shape index (κ3) is 6.28. The minimum Gasteiger partial charge on any atom is -0.340 e. The summed E-state index contributed by atoms with van der Waals surface area (Å²) in [6, 6.07) is 5.54. The third-order valence-electron chi connectivity index (χ3n) is 5.92. The van der Waals surface area contributed by atoms with Gasteiger partial charge in [0.15, 0.2) is 0 Å². The second kappa shape index (κ2) is 11.7. The van der Waals surface area contributed by atoms with Gasteiger partial charge in [0.1, 0.15) is 5.82 Å². The molecular formula is C20H31Cl2FN4O2. The van der Waals surface area contributed by atoms with Crippen molar-refractivity contribution in [1.29, 1.82) is 0 Å². The molecule has 1 aromatic rings. The molecule has 3 N–H and O–H groups in total. The number of piperazine rings is 1. The fourth-order valence-corrected chi connectivity index (χ4v) is 4.19. The molecule has 2 fully saturated rings. The number of nitrogens with one attached hydrogen (secondary N) is 1. The van der Waals surface area contributed by atoms with E-state index in [-0.39, 0.29) is 54.4 Å². The average Bonchev–Trinajstić information content (AvgIpc) is 3.15. The van der Waals surface area contributed by atoms with Crippen molar-refractivity contribution in [3.63, 3.8) is 0 Å². The highest BCUT2D eigenvalue weighted by Gasteiger charge is 2.36. The van der Waals surface area contributed by atoms with Crippen molar-refractivity contribution in [1.82, 2.24) is 9.80 Å². The summed E-state index contributed by atoms with van der Waals surface area (Å²) in [4.78, 5) is 29.2. The highest BCUT2D eigenvalue weighted by atomic mass is 35.5. The monoisotopic (exact) mass is 448 g/mol. The average molecular weight is 449 g/mol. The number of hydrogen-bond donors (Lipinski definition) is 2. The number of halogens is 3. The van der Waals surface area contributed by atoms with Crippen LogP contribution in [0.3, 0.4) is 0 Å². The Morgan fingerprint density at radius 1 is 1.21 bits per heavy atom. The zero-order chi connectivity index (χ0) is 19.4. The Kier molecular flexibility index (Phi) is 10.3. The summed E-state index contributed by atoms with van der Waals surface area (Å²) in [5, 5.41) is 2.76. The molecule has 1 heterocycles. The maximum Gasteiger partial charge on any atom is 0.241 e. The van der Waals surface area contributed by atoms with Crippen LogP contribution in [0.15, 0.2) is 24.3 Å². The first kappa shape index (κ1) is 25.6. The lowest BCUT2D eigenvalue weighted by atomic mass is 9.94. The first-order valence-corrected chi connectivity index (χ1v) is 9.79. The summed E-state index contributed by atoms with van der Waals surface area (Å²) >= 11 is 0. The van der Waals surface area contributed by atoms with Crippen molar-refractivity contribution in [3.05, 3.63) is 30.1 Å². The first-order valence-electron chi connectivity index (χ1n) is 9.79. The molecule has 0 bridgehead atoms. The zero-order valence-electron chi connectivity index (χ0n) is 16.7. The fraction of sp³-hybridized carbons (Fsp3) is 0.600. The van der Waals surface area contributed by atoms with Gasteiger partial charge in [0.2, 0.25) is 11.8 Å². The minimum atomic E-state index is -0.379. The van der Waals surface area contributed by atoms with Gasteiger partial charge in [-0.2, -0.15) is 0 Å². The number of anilines is 1. The molecule has 1 saturated carbocycles. The van der Waals surface area contributed by atoms with Gasteiger partial charge in [0, 0.05) is 37.8 Å². The van der Waals surface area contributed by atoms with Gasteiger partial charge in [-0.3, -0.25) is 14.5 Å². The van der Waals surface area contributed by atoms with Crippen molar-refractivity contribution in [2.75, 3.05) is 38.0 Å². The Bertz CT molecular complexity index is 686. The number of benzene rings is 1. The topological polar surface area (TPSA) is 78.7 Å². The second-order valence-electron chi connectivity index (χ2n) is 7.57. The van der Waals surface area contributed by atoms with Gasteiger partial charge in [0.25, 0.3) is 0 Å². The lowest BCUT2D eigenvalue weighted by molar-refractivity contribution is -0.139. The van der Waals surface area contributed by atoms with E-state index in [2.05, 4.69) is 10.2 Å². The van der Waals surface area contributed by atoms with Crippen molar-refractivity contribution < 1.29 is 14.0 Å². The number of nitrogens with two attached hydrogens (primary N) is 1. The molecule has 1 unspecified atom stereocenters. The quantitative estimate of drug-likeness (QED) is 0.724. The molecule has 1 aliphatic heterocycles. The SMILES string of the molecule is CC(C(=O)Nc1cccc(F)c1)N1CCN(C(=O)[C@@H]2CCC[C@@H]2CN)CC1.Cl.Cl. The van der Waals surface area contributed by atoms with E-state index >= 15 is 0 Å². The summed E-state index contributed by atoms with van der Waals surface area (Å²) in [5.74, 6) is 0.0517. The van der Waals surface area contributed by atoms with Crippen LogP contribution < -0.4 is 11.1 Å². The molecular weight excluding hydrogens is 418 g/mol. The first-order chi connectivity index (χ1) is 13.0. The molecule has 0 spiro atoms. The highest BCUT2D eigenvalue weighted by molar-refractivity contribution is 5.94. The molecule has 3 rings (SSSR count). The lowest BCUT2D eigenvalue weighted by Crippen LogP contribution is -2.55. The Balaban J connectivity index is 0.00000210. The standard InChI is InChI=1S/C20H29FN4O2.2ClH/c1-14(19(26)23-17-6-3-5-16(21)12-17)24-8-10-25(11-9-24)20(27)18-7-2-4-15(18)13-22;;/h3,5-6,12,14-15,18H,2,4,7-11,13,22H2,1H3,(H,23,26);2*1H/t14?,15-,18-;;/m1../s1.